The third kappa shape index (κ3) is 3.81. The Morgan fingerprint density at radius 2 is 1.86 bits per heavy atom. The minimum absolute atomic E-state index is 0.0232. The SMILES string of the molecule is CCN(Cc1cc(F)cc(C(=O)O)c1)c1ccc(C)cc1. The average Bonchev–Trinajstić information content (AvgIpc) is 2.45. The highest BCUT2D eigenvalue weighted by molar-refractivity contribution is 5.87. The zero-order valence-corrected chi connectivity index (χ0v) is 12.1. The number of hydrogen-bond donors (Lipinski definition) is 1. The van der Waals surface area contributed by atoms with E-state index in [9.17, 15) is 9.18 Å². The van der Waals surface area contributed by atoms with Crippen LogP contribution in [0.15, 0.2) is 42.5 Å². The Hall–Kier alpha value is -2.36. The minimum atomic E-state index is -1.12. The fourth-order valence-corrected chi connectivity index (χ4v) is 2.23. The van der Waals surface area contributed by atoms with Crippen LogP contribution in [0.25, 0.3) is 0 Å². The number of carboxylic acid groups (broad SMARTS) is 1. The van der Waals surface area contributed by atoms with Crippen molar-refractivity contribution in [2.75, 3.05) is 11.4 Å². The molecule has 4 heteroatoms. The molecule has 0 bridgehead atoms. The van der Waals surface area contributed by atoms with Crippen LogP contribution < -0.4 is 4.90 Å². The van der Waals surface area contributed by atoms with E-state index in [0.29, 0.717) is 12.1 Å². The van der Waals surface area contributed by atoms with Gasteiger partial charge in [0, 0.05) is 18.8 Å². The predicted octanol–water partition coefficient (Wildman–Crippen LogP) is 3.86. The maximum absolute atomic E-state index is 13.5. The van der Waals surface area contributed by atoms with Gasteiger partial charge in [0.05, 0.1) is 5.56 Å². The molecule has 0 spiro atoms. The molecule has 0 aliphatic carbocycles. The normalized spacial score (nSPS) is 10.4. The van der Waals surface area contributed by atoms with Crippen LogP contribution in [-0.2, 0) is 6.54 Å². The van der Waals surface area contributed by atoms with Gasteiger partial charge in [-0.2, -0.15) is 0 Å². The molecule has 0 aromatic heterocycles. The smallest absolute Gasteiger partial charge is 0.335 e. The van der Waals surface area contributed by atoms with E-state index in [1.165, 1.54) is 17.7 Å². The van der Waals surface area contributed by atoms with Gasteiger partial charge in [0.1, 0.15) is 5.82 Å². The Bertz CT molecular complexity index is 638. The van der Waals surface area contributed by atoms with Crippen LogP contribution in [0, 0.1) is 12.7 Å². The van der Waals surface area contributed by atoms with Gasteiger partial charge in [-0.15, -0.1) is 0 Å². The lowest BCUT2D eigenvalue weighted by atomic mass is 10.1. The average molecular weight is 287 g/mol. The molecular weight excluding hydrogens is 269 g/mol. The molecule has 1 N–H and O–H groups in total. The van der Waals surface area contributed by atoms with Crippen molar-refractivity contribution < 1.29 is 14.3 Å². The highest BCUT2D eigenvalue weighted by Crippen LogP contribution is 2.19. The molecular formula is C17H18FNO2. The first kappa shape index (κ1) is 15.0. The third-order valence-electron chi connectivity index (χ3n) is 3.36. The molecule has 0 unspecified atom stereocenters. The van der Waals surface area contributed by atoms with Crippen molar-refractivity contribution in [1.82, 2.24) is 0 Å². The lowest BCUT2D eigenvalue weighted by Gasteiger charge is -2.23. The number of hydrogen-bond acceptors (Lipinski definition) is 2. The molecule has 0 saturated carbocycles. The zero-order chi connectivity index (χ0) is 15.4. The van der Waals surface area contributed by atoms with Gasteiger partial charge in [-0.05, 0) is 49.7 Å². The predicted molar refractivity (Wildman–Crippen MR) is 81.3 cm³/mol. The molecule has 0 fully saturated rings. The second-order valence-corrected chi connectivity index (χ2v) is 5.00. The first-order chi connectivity index (χ1) is 9.99. The summed E-state index contributed by atoms with van der Waals surface area (Å²) in [5.74, 6) is -1.64. The van der Waals surface area contributed by atoms with Gasteiger partial charge in [-0.1, -0.05) is 17.7 Å². The van der Waals surface area contributed by atoms with Crippen LogP contribution in [-0.4, -0.2) is 17.6 Å². The van der Waals surface area contributed by atoms with Gasteiger partial charge < -0.3 is 10.0 Å². The van der Waals surface area contributed by atoms with Gasteiger partial charge in [-0.3, -0.25) is 0 Å². The highest BCUT2D eigenvalue weighted by Gasteiger charge is 2.10. The summed E-state index contributed by atoms with van der Waals surface area (Å²) in [6, 6.07) is 12.0. The molecule has 0 saturated heterocycles. The number of aryl methyl sites for hydroxylation is 1. The molecule has 21 heavy (non-hydrogen) atoms. The molecule has 110 valence electrons. The number of halogens is 1. The number of rotatable bonds is 5. The van der Waals surface area contributed by atoms with E-state index in [-0.39, 0.29) is 5.56 Å². The van der Waals surface area contributed by atoms with E-state index in [0.717, 1.165) is 18.3 Å². The standard InChI is InChI=1S/C17H18FNO2/c1-3-19(16-6-4-12(2)5-7-16)11-13-8-14(17(20)21)10-15(18)9-13/h4-10H,3,11H2,1-2H3,(H,20,21). The number of aromatic carboxylic acids is 1. The minimum Gasteiger partial charge on any atom is -0.478 e. The first-order valence-corrected chi connectivity index (χ1v) is 6.84. The Labute approximate surface area is 123 Å². The number of nitrogens with zero attached hydrogens (tertiary/aromatic N) is 1. The van der Waals surface area contributed by atoms with Crippen molar-refractivity contribution in [1.29, 1.82) is 0 Å². The number of carbonyl (C=O) groups is 1. The van der Waals surface area contributed by atoms with Crippen molar-refractivity contribution in [3.8, 4) is 0 Å². The van der Waals surface area contributed by atoms with Crippen molar-refractivity contribution >= 4 is 11.7 Å². The fourth-order valence-electron chi connectivity index (χ4n) is 2.23. The Morgan fingerprint density at radius 1 is 1.19 bits per heavy atom. The molecule has 0 radical (unpaired) electrons. The number of carboxylic acids is 1. The van der Waals surface area contributed by atoms with E-state index in [1.54, 1.807) is 0 Å². The van der Waals surface area contributed by atoms with Crippen LogP contribution in [0.2, 0.25) is 0 Å². The van der Waals surface area contributed by atoms with Crippen molar-refractivity contribution in [2.45, 2.75) is 20.4 Å². The van der Waals surface area contributed by atoms with Gasteiger partial charge >= 0.3 is 5.97 Å². The number of anilines is 1. The summed E-state index contributed by atoms with van der Waals surface area (Å²) in [5, 5.41) is 8.99. The quantitative estimate of drug-likeness (QED) is 0.907. The summed E-state index contributed by atoms with van der Waals surface area (Å²) >= 11 is 0. The molecule has 2 rings (SSSR count). The van der Waals surface area contributed by atoms with Crippen LogP contribution >= 0.6 is 0 Å². The second kappa shape index (κ2) is 6.39. The molecule has 0 aliphatic rings. The molecule has 0 aliphatic heterocycles. The maximum Gasteiger partial charge on any atom is 0.335 e. The van der Waals surface area contributed by atoms with E-state index in [2.05, 4.69) is 4.90 Å². The van der Waals surface area contributed by atoms with E-state index >= 15 is 0 Å². The summed E-state index contributed by atoms with van der Waals surface area (Å²) in [4.78, 5) is 13.1. The van der Waals surface area contributed by atoms with Gasteiger partial charge in [-0.25, -0.2) is 9.18 Å². The maximum atomic E-state index is 13.5. The highest BCUT2D eigenvalue weighted by atomic mass is 19.1. The van der Waals surface area contributed by atoms with Crippen molar-refractivity contribution in [2.24, 2.45) is 0 Å². The van der Waals surface area contributed by atoms with Gasteiger partial charge in [0.25, 0.3) is 0 Å². The topological polar surface area (TPSA) is 40.5 Å². The first-order valence-electron chi connectivity index (χ1n) is 6.84. The van der Waals surface area contributed by atoms with Gasteiger partial charge in [0.15, 0.2) is 0 Å². The van der Waals surface area contributed by atoms with E-state index < -0.39 is 11.8 Å². The molecule has 2 aromatic rings. The van der Waals surface area contributed by atoms with Crippen LogP contribution in [0.3, 0.4) is 0 Å². The number of benzene rings is 2. The lowest BCUT2D eigenvalue weighted by molar-refractivity contribution is 0.0696. The molecule has 2 aromatic carbocycles. The lowest BCUT2D eigenvalue weighted by Crippen LogP contribution is -2.22. The van der Waals surface area contributed by atoms with Crippen LogP contribution in [0.5, 0.6) is 0 Å². The second-order valence-electron chi connectivity index (χ2n) is 5.00. The summed E-state index contributed by atoms with van der Waals surface area (Å²) in [7, 11) is 0. The van der Waals surface area contributed by atoms with Crippen molar-refractivity contribution in [3.63, 3.8) is 0 Å². The van der Waals surface area contributed by atoms with E-state index in [4.69, 9.17) is 5.11 Å². The zero-order valence-electron chi connectivity index (χ0n) is 12.1. The van der Waals surface area contributed by atoms with Crippen LogP contribution in [0.1, 0.15) is 28.4 Å². The van der Waals surface area contributed by atoms with Crippen LogP contribution in [0.4, 0.5) is 10.1 Å². The van der Waals surface area contributed by atoms with Crippen molar-refractivity contribution in [3.05, 3.63) is 65.0 Å². The molecule has 0 amide bonds. The van der Waals surface area contributed by atoms with E-state index in [1.807, 2.05) is 38.1 Å². The largest absolute Gasteiger partial charge is 0.478 e. The Balaban J connectivity index is 2.26. The molecule has 0 heterocycles. The summed E-state index contributed by atoms with van der Waals surface area (Å²) in [6.07, 6.45) is 0. The Kier molecular flexibility index (Phi) is 4.58. The Morgan fingerprint density at radius 3 is 2.43 bits per heavy atom. The fraction of sp³-hybridized carbons (Fsp3) is 0.235. The van der Waals surface area contributed by atoms with Gasteiger partial charge in [0.2, 0.25) is 0 Å². The monoisotopic (exact) mass is 287 g/mol. The third-order valence-corrected chi connectivity index (χ3v) is 3.36. The summed E-state index contributed by atoms with van der Waals surface area (Å²) in [5.41, 5.74) is 2.83. The summed E-state index contributed by atoms with van der Waals surface area (Å²) in [6.45, 7) is 5.25. The molecule has 0 atom stereocenters. The summed E-state index contributed by atoms with van der Waals surface area (Å²) < 4.78 is 13.5. The molecule has 3 nitrogen and oxygen atoms in total.